The minimum Gasteiger partial charge on any atom is -0.508 e. The average Bonchev–Trinajstić information content (AvgIpc) is 2.94. The second-order valence-electron chi connectivity index (χ2n) is 4.77. The fourth-order valence-corrected chi connectivity index (χ4v) is 2.12. The lowest BCUT2D eigenvalue weighted by atomic mass is 10.1. The van der Waals surface area contributed by atoms with Crippen molar-refractivity contribution >= 4 is 11.9 Å². The second kappa shape index (κ2) is 6.38. The van der Waals surface area contributed by atoms with Gasteiger partial charge >= 0.3 is 5.97 Å². The molecule has 0 spiro atoms. The lowest BCUT2D eigenvalue weighted by Crippen LogP contribution is -2.46. The molecule has 2 atom stereocenters. The summed E-state index contributed by atoms with van der Waals surface area (Å²) in [5.41, 5.74) is 0.725. The number of carbonyl (C=O) groups excluding carboxylic acids is 1. The molecular formula is C14H17NO5. The van der Waals surface area contributed by atoms with Crippen molar-refractivity contribution in [1.82, 2.24) is 5.32 Å². The number of ether oxygens (including phenoxy) is 1. The fourth-order valence-electron chi connectivity index (χ4n) is 2.12. The highest BCUT2D eigenvalue weighted by atomic mass is 16.5. The first-order chi connectivity index (χ1) is 9.56. The Morgan fingerprint density at radius 3 is 2.60 bits per heavy atom. The Balaban J connectivity index is 1.98. The molecular weight excluding hydrogens is 262 g/mol. The summed E-state index contributed by atoms with van der Waals surface area (Å²) in [5, 5.41) is 20.9. The smallest absolute Gasteiger partial charge is 0.326 e. The first kappa shape index (κ1) is 14.3. The van der Waals surface area contributed by atoms with Crippen LogP contribution in [0.15, 0.2) is 24.3 Å². The number of carboxylic acid groups (broad SMARTS) is 1. The second-order valence-corrected chi connectivity index (χ2v) is 4.77. The van der Waals surface area contributed by atoms with Gasteiger partial charge in [0.15, 0.2) is 0 Å². The van der Waals surface area contributed by atoms with Gasteiger partial charge in [-0.3, -0.25) is 4.79 Å². The largest absolute Gasteiger partial charge is 0.508 e. The van der Waals surface area contributed by atoms with Gasteiger partial charge in [0, 0.05) is 13.0 Å². The molecule has 1 aliphatic rings. The lowest BCUT2D eigenvalue weighted by molar-refractivity contribution is -0.143. The molecule has 0 saturated carbocycles. The summed E-state index contributed by atoms with van der Waals surface area (Å²) in [7, 11) is 0. The number of carboxylic acids is 1. The Bertz CT molecular complexity index is 479. The van der Waals surface area contributed by atoms with Crippen LogP contribution in [0.2, 0.25) is 0 Å². The van der Waals surface area contributed by atoms with E-state index in [4.69, 9.17) is 4.74 Å². The highest BCUT2D eigenvalue weighted by Gasteiger charge is 2.28. The number of hydrogen-bond acceptors (Lipinski definition) is 4. The Morgan fingerprint density at radius 1 is 1.35 bits per heavy atom. The van der Waals surface area contributed by atoms with Crippen molar-refractivity contribution in [3.8, 4) is 5.75 Å². The molecule has 3 N–H and O–H groups in total. The molecule has 20 heavy (non-hydrogen) atoms. The molecule has 6 heteroatoms. The van der Waals surface area contributed by atoms with Gasteiger partial charge in [0.05, 0.1) is 0 Å². The van der Waals surface area contributed by atoms with Crippen molar-refractivity contribution in [3.63, 3.8) is 0 Å². The van der Waals surface area contributed by atoms with E-state index in [-0.39, 0.29) is 18.1 Å². The first-order valence-corrected chi connectivity index (χ1v) is 6.49. The van der Waals surface area contributed by atoms with E-state index in [1.54, 1.807) is 12.1 Å². The van der Waals surface area contributed by atoms with Crippen LogP contribution in [-0.2, 0) is 20.7 Å². The zero-order valence-corrected chi connectivity index (χ0v) is 10.9. The summed E-state index contributed by atoms with van der Waals surface area (Å²) in [6.07, 6.45) is 1.05. The van der Waals surface area contributed by atoms with Crippen LogP contribution in [-0.4, -0.2) is 40.8 Å². The summed E-state index contributed by atoms with van der Waals surface area (Å²) in [4.78, 5) is 23.1. The minimum absolute atomic E-state index is 0.115. The van der Waals surface area contributed by atoms with Crippen LogP contribution in [0.3, 0.4) is 0 Å². The van der Waals surface area contributed by atoms with Crippen molar-refractivity contribution in [2.24, 2.45) is 0 Å². The molecule has 0 aromatic heterocycles. The van der Waals surface area contributed by atoms with Gasteiger partial charge < -0.3 is 20.3 Å². The number of aliphatic carboxylic acids is 1. The van der Waals surface area contributed by atoms with Gasteiger partial charge in [0.2, 0.25) is 5.91 Å². The predicted octanol–water partition coefficient (Wildman–Crippen LogP) is 0.683. The monoisotopic (exact) mass is 279 g/mol. The van der Waals surface area contributed by atoms with Gasteiger partial charge in [-0.05, 0) is 30.5 Å². The van der Waals surface area contributed by atoms with Crippen molar-refractivity contribution in [2.75, 3.05) is 6.61 Å². The third kappa shape index (κ3) is 3.71. The molecule has 2 rings (SSSR count). The van der Waals surface area contributed by atoms with Crippen LogP contribution in [0.4, 0.5) is 0 Å². The molecule has 1 fully saturated rings. The summed E-state index contributed by atoms with van der Waals surface area (Å²) in [6.45, 7) is 0.536. The predicted molar refractivity (Wildman–Crippen MR) is 70.4 cm³/mol. The number of phenolic OH excluding ortho intramolecular Hbond substituents is 1. The zero-order valence-electron chi connectivity index (χ0n) is 10.9. The molecule has 108 valence electrons. The standard InChI is InChI=1S/C14H17NO5/c16-10-5-3-9(4-6-10)8-11(14(18)19)15-13(17)12-2-1-7-20-12/h3-6,11-12,16H,1-2,7-8H2,(H,15,17)(H,18,19)/t11-,12+/m1/s1. The van der Waals surface area contributed by atoms with E-state index < -0.39 is 18.1 Å². The van der Waals surface area contributed by atoms with E-state index in [2.05, 4.69) is 5.32 Å². The van der Waals surface area contributed by atoms with Gasteiger partial charge in [-0.15, -0.1) is 0 Å². The van der Waals surface area contributed by atoms with E-state index in [0.29, 0.717) is 13.0 Å². The Morgan fingerprint density at radius 2 is 2.05 bits per heavy atom. The van der Waals surface area contributed by atoms with Gasteiger partial charge in [-0.1, -0.05) is 12.1 Å². The molecule has 1 heterocycles. The molecule has 1 aromatic carbocycles. The van der Waals surface area contributed by atoms with Crippen molar-refractivity contribution in [3.05, 3.63) is 29.8 Å². The van der Waals surface area contributed by atoms with Gasteiger partial charge in [0.1, 0.15) is 17.9 Å². The molecule has 1 amide bonds. The molecule has 1 aromatic rings. The third-order valence-corrected chi connectivity index (χ3v) is 3.21. The van der Waals surface area contributed by atoms with E-state index in [1.165, 1.54) is 12.1 Å². The summed E-state index contributed by atoms with van der Waals surface area (Å²) in [6, 6.07) is 5.22. The first-order valence-electron chi connectivity index (χ1n) is 6.49. The molecule has 0 unspecified atom stereocenters. The highest BCUT2D eigenvalue weighted by molar-refractivity contribution is 5.86. The van der Waals surface area contributed by atoms with Crippen LogP contribution >= 0.6 is 0 Å². The SMILES string of the molecule is O=C(N[C@H](Cc1ccc(O)cc1)C(=O)O)[C@@H]1CCCO1. The Hall–Kier alpha value is -2.08. The maximum Gasteiger partial charge on any atom is 0.326 e. The molecule has 0 aliphatic carbocycles. The lowest BCUT2D eigenvalue weighted by Gasteiger charge is -2.17. The van der Waals surface area contributed by atoms with Crippen molar-refractivity contribution in [1.29, 1.82) is 0 Å². The summed E-state index contributed by atoms with van der Waals surface area (Å²) >= 11 is 0. The van der Waals surface area contributed by atoms with Crippen LogP contribution in [0, 0.1) is 0 Å². The van der Waals surface area contributed by atoms with E-state index >= 15 is 0 Å². The van der Waals surface area contributed by atoms with Crippen LogP contribution < -0.4 is 5.32 Å². The number of aromatic hydroxyl groups is 1. The van der Waals surface area contributed by atoms with Crippen LogP contribution in [0.5, 0.6) is 5.75 Å². The molecule has 1 saturated heterocycles. The quantitative estimate of drug-likeness (QED) is 0.736. The summed E-state index contributed by atoms with van der Waals surface area (Å²) < 4.78 is 5.22. The Kier molecular flexibility index (Phi) is 4.57. The normalized spacial score (nSPS) is 19.5. The summed E-state index contributed by atoms with van der Waals surface area (Å²) in [5.74, 6) is -1.36. The number of amides is 1. The van der Waals surface area contributed by atoms with E-state index in [1.807, 2.05) is 0 Å². The van der Waals surface area contributed by atoms with Crippen molar-refractivity contribution < 1.29 is 24.5 Å². The number of phenols is 1. The van der Waals surface area contributed by atoms with E-state index in [9.17, 15) is 19.8 Å². The topological polar surface area (TPSA) is 95.9 Å². The average molecular weight is 279 g/mol. The van der Waals surface area contributed by atoms with Gasteiger partial charge in [-0.25, -0.2) is 4.79 Å². The Labute approximate surface area is 116 Å². The molecule has 0 bridgehead atoms. The number of carbonyl (C=O) groups is 2. The highest BCUT2D eigenvalue weighted by Crippen LogP contribution is 2.14. The zero-order chi connectivity index (χ0) is 14.5. The maximum atomic E-state index is 11.9. The van der Waals surface area contributed by atoms with Crippen LogP contribution in [0.1, 0.15) is 18.4 Å². The van der Waals surface area contributed by atoms with Crippen molar-refractivity contribution in [2.45, 2.75) is 31.4 Å². The number of rotatable bonds is 5. The molecule has 0 radical (unpaired) electrons. The third-order valence-electron chi connectivity index (χ3n) is 3.21. The molecule has 6 nitrogen and oxygen atoms in total. The van der Waals surface area contributed by atoms with Gasteiger partial charge in [-0.2, -0.15) is 0 Å². The van der Waals surface area contributed by atoms with E-state index in [0.717, 1.165) is 12.0 Å². The number of hydrogen-bond donors (Lipinski definition) is 3. The van der Waals surface area contributed by atoms with Crippen LogP contribution in [0.25, 0.3) is 0 Å². The minimum atomic E-state index is -1.09. The number of benzene rings is 1. The molecule has 1 aliphatic heterocycles. The van der Waals surface area contributed by atoms with Gasteiger partial charge in [0.25, 0.3) is 0 Å². The number of nitrogens with one attached hydrogen (secondary N) is 1. The maximum absolute atomic E-state index is 11.9. The fraction of sp³-hybridized carbons (Fsp3) is 0.429.